The van der Waals surface area contributed by atoms with Gasteiger partial charge in [-0.1, -0.05) is 41.9 Å². The van der Waals surface area contributed by atoms with Crippen LogP contribution in [0.4, 0.5) is 5.69 Å². The van der Waals surface area contributed by atoms with Gasteiger partial charge in [-0.05, 0) is 60.9 Å². The first-order valence-corrected chi connectivity index (χ1v) is 11.9. The number of ether oxygens (including phenoxy) is 2. The predicted molar refractivity (Wildman–Crippen MR) is 129 cm³/mol. The van der Waals surface area contributed by atoms with E-state index in [9.17, 15) is 13.2 Å². The number of hydrogen-bond acceptors (Lipinski definition) is 5. The van der Waals surface area contributed by atoms with Gasteiger partial charge in [0, 0.05) is 5.69 Å². The monoisotopic (exact) mass is 488 g/mol. The summed E-state index contributed by atoms with van der Waals surface area (Å²) in [6.45, 7) is 1.75. The van der Waals surface area contributed by atoms with E-state index in [1.807, 2.05) is 30.3 Å². The van der Waals surface area contributed by atoms with Crippen LogP contribution in [0, 0.1) is 6.92 Å². The summed E-state index contributed by atoms with van der Waals surface area (Å²) in [7, 11) is -0.990. The molecule has 174 valence electrons. The summed E-state index contributed by atoms with van der Waals surface area (Å²) in [6.07, 6.45) is 0.158. The second kappa shape index (κ2) is 10.7. The number of amides is 1. The Morgan fingerprint density at radius 2 is 1.64 bits per heavy atom. The van der Waals surface area contributed by atoms with Gasteiger partial charge in [-0.25, -0.2) is 8.42 Å². The molecule has 3 rings (SSSR count). The lowest BCUT2D eigenvalue weighted by atomic mass is 10.1. The van der Waals surface area contributed by atoms with Gasteiger partial charge < -0.3 is 14.8 Å². The van der Waals surface area contributed by atoms with Crippen LogP contribution in [0.3, 0.4) is 0 Å². The fourth-order valence-corrected chi connectivity index (χ4v) is 4.82. The summed E-state index contributed by atoms with van der Waals surface area (Å²) < 4.78 is 39.1. The largest absolute Gasteiger partial charge is 0.496 e. The molecule has 1 atom stereocenters. The van der Waals surface area contributed by atoms with E-state index in [2.05, 4.69) is 10.0 Å². The normalized spacial score (nSPS) is 12.1. The summed E-state index contributed by atoms with van der Waals surface area (Å²) in [5.74, 6) is 0.517. The number of benzene rings is 3. The predicted octanol–water partition coefficient (Wildman–Crippen LogP) is 4.19. The number of carbonyl (C=O) groups is 1. The number of hydrogen-bond donors (Lipinski definition) is 2. The third kappa shape index (κ3) is 6.25. The van der Waals surface area contributed by atoms with Crippen LogP contribution in [-0.4, -0.2) is 34.6 Å². The summed E-state index contributed by atoms with van der Waals surface area (Å²) in [6, 6.07) is 17.4. The van der Waals surface area contributed by atoms with Crippen LogP contribution in [0.15, 0.2) is 71.6 Å². The molecule has 3 aromatic carbocycles. The summed E-state index contributed by atoms with van der Waals surface area (Å²) in [5, 5.41) is 3.06. The highest BCUT2D eigenvalue weighted by atomic mass is 35.5. The van der Waals surface area contributed by atoms with Crippen LogP contribution in [-0.2, 0) is 21.2 Å². The van der Waals surface area contributed by atoms with Crippen molar-refractivity contribution >= 4 is 33.2 Å². The maximum atomic E-state index is 13.1. The molecular weight excluding hydrogens is 464 g/mol. The maximum absolute atomic E-state index is 13.1. The molecule has 0 heterocycles. The Morgan fingerprint density at radius 3 is 2.24 bits per heavy atom. The first-order chi connectivity index (χ1) is 15.7. The zero-order valence-electron chi connectivity index (χ0n) is 18.5. The molecule has 0 saturated carbocycles. The van der Waals surface area contributed by atoms with E-state index in [1.165, 1.54) is 26.4 Å². The number of sulfonamides is 1. The summed E-state index contributed by atoms with van der Waals surface area (Å²) in [5.41, 5.74) is 1.89. The van der Waals surface area contributed by atoms with Gasteiger partial charge in [0.15, 0.2) is 0 Å². The highest BCUT2D eigenvalue weighted by Crippen LogP contribution is 2.27. The lowest BCUT2D eigenvalue weighted by molar-refractivity contribution is -0.117. The molecule has 7 nitrogen and oxygen atoms in total. The smallest absolute Gasteiger partial charge is 0.242 e. The molecule has 0 saturated heterocycles. The number of anilines is 1. The van der Waals surface area contributed by atoms with Gasteiger partial charge >= 0.3 is 0 Å². The highest BCUT2D eigenvalue weighted by molar-refractivity contribution is 7.89. The molecule has 33 heavy (non-hydrogen) atoms. The van der Waals surface area contributed by atoms with E-state index in [4.69, 9.17) is 21.1 Å². The first kappa shape index (κ1) is 24.6. The molecular formula is C24H25ClN2O5S. The molecule has 9 heteroatoms. The minimum atomic E-state index is -4.00. The minimum Gasteiger partial charge on any atom is -0.496 e. The van der Waals surface area contributed by atoms with E-state index < -0.39 is 22.0 Å². The summed E-state index contributed by atoms with van der Waals surface area (Å²) in [4.78, 5) is 13.2. The second-order valence-corrected chi connectivity index (χ2v) is 9.45. The van der Waals surface area contributed by atoms with Crippen molar-refractivity contribution in [3.63, 3.8) is 0 Å². The van der Waals surface area contributed by atoms with Crippen LogP contribution in [0.25, 0.3) is 0 Å². The third-order valence-corrected chi connectivity index (χ3v) is 6.76. The molecule has 2 N–H and O–H groups in total. The van der Waals surface area contributed by atoms with E-state index in [0.717, 1.165) is 5.56 Å². The van der Waals surface area contributed by atoms with Crippen molar-refractivity contribution in [2.45, 2.75) is 24.3 Å². The van der Waals surface area contributed by atoms with Crippen molar-refractivity contribution in [2.24, 2.45) is 0 Å². The Bertz CT molecular complexity index is 1230. The van der Waals surface area contributed by atoms with Crippen molar-refractivity contribution in [3.05, 3.63) is 82.9 Å². The quantitative estimate of drug-likeness (QED) is 0.471. The van der Waals surface area contributed by atoms with Crippen molar-refractivity contribution in [3.8, 4) is 11.5 Å². The highest BCUT2D eigenvalue weighted by Gasteiger charge is 2.27. The molecule has 0 spiro atoms. The van der Waals surface area contributed by atoms with E-state index in [1.54, 1.807) is 31.2 Å². The van der Waals surface area contributed by atoms with Crippen molar-refractivity contribution < 1.29 is 22.7 Å². The van der Waals surface area contributed by atoms with E-state index in [0.29, 0.717) is 27.8 Å². The molecule has 0 aliphatic carbocycles. The van der Waals surface area contributed by atoms with Crippen molar-refractivity contribution in [2.75, 3.05) is 19.5 Å². The second-order valence-electron chi connectivity index (χ2n) is 7.33. The van der Waals surface area contributed by atoms with Gasteiger partial charge in [0.05, 0.1) is 24.1 Å². The molecule has 0 fully saturated rings. The van der Waals surface area contributed by atoms with E-state index >= 15 is 0 Å². The van der Waals surface area contributed by atoms with Gasteiger partial charge in [-0.3, -0.25) is 4.79 Å². The van der Waals surface area contributed by atoms with E-state index in [-0.39, 0.29) is 11.3 Å². The van der Waals surface area contributed by atoms with Crippen LogP contribution in [0.1, 0.15) is 11.1 Å². The molecule has 0 bridgehead atoms. The average molecular weight is 489 g/mol. The number of nitrogens with one attached hydrogen (secondary N) is 2. The molecule has 3 aromatic rings. The van der Waals surface area contributed by atoms with Gasteiger partial charge in [0.25, 0.3) is 0 Å². The number of halogens is 1. The zero-order valence-corrected chi connectivity index (χ0v) is 20.0. The van der Waals surface area contributed by atoms with Gasteiger partial charge in [-0.2, -0.15) is 4.72 Å². The van der Waals surface area contributed by atoms with Crippen molar-refractivity contribution in [1.82, 2.24) is 4.72 Å². The zero-order chi connectivity index (χ0) is 24.0. The maximum Gasteiger partial charge on any atom is 0.242 e. The van der Waals surface area contributed by atoms with Crippen LogP contribution < -0.4 is 19.5 Å². The van der Waals surface area contributed by atoms with Gasteiger partial charge in [0.2, 0.25) is 15.9 Å². The number of methoxy groups -OCH3 is 2. The molecule has 1 amide bonds. The Morgan fingerprint density at radius 1 is 0.970 bits per heavy atom. The van der Waals surface area contributed by atoms with Crippen LogP contribution in [0.2, 0.25) is 5.02 Å². The molecule has 0 aliphatic heterocycles. The number of aryl methyl sites for hydroxylation is 1. The van der Waals surface area contributed by atoms with Gasteiger partial charge in [-0.15, -0.1) is 0 Å². The molecule has 0 aromatic heterocycles. The van der Waals surface area contributed by atoms with Crippen LogP contribution >= 0.6 is 11.6 Å². The molecule has 1 unspecified atom stereocenters. The van der Waals surface area contributed by atoms with Crippen molar-refractivity contribution in [1.29, 1.82) is 0 Å². The fraction of sp³-hybridized carbons (Fsp3) is 0.208. The minimum absolute atomic E-state index is 0.0409. The average Bonchev–Trinajstić information content (AvgIpc) is 2.79. The molecule has 0 radical (unpaired) electrons. The first-order valence-electron chi connectivity index (χ1n) is 10.1. The van der Waals surface area contributed by atoms with Crippen LogP contribution in [0.5, 0.6) is 11.5 Å². The fourth-order valence-electron chi connectivity index (χ4n) is 3.28. The lowest BCUT2D eigenvalue weighted by Crippen LogP contribution is -2.45. The Kier molecular flexibility index (Phi) is 7.97. The Labute approximate surface area is 198 Å². The molecule has 0 aliphatic rings. The number of carbonyl (C=O) groups excluding carboxylic acids is 1. The SMILES string of the molecule is COc1ccc(S(=O)(=O)NC(Cc2ccccc2)C(=O)Nc2ccc(OC)c(Cl)c2)cc1C. The third-order valence-electron chi connectivity index (χ3n) is 4.99. The lowest BCUT2D eigenvalue weighted by Gasteiger charge is -2.19. The Hall–Kier alpha value is -3.07. The van der Waals surface area contributed by atoms with Gasteiger partial charge in [0.1, 0.15) is 17.5 Å². The topological polar surface area (TPSA) is 93.7 Å². The summed E-state index contributed by atoms with van der Waals surface area (Å²) >= 11 is 6.15. The Balaban J connectivity index is 1.88. The standard InChI is InChI=1S/C24H25ClN2O5S/c1-16-13-19(10-12-22(16)31-2)33(29,30)27-21(14-17-7-5-4-6-8-17)24(28)26-18-9-11-23(32-3)20(25)15-18/h4-13,15,21,27H,14H2,1-3H3,(H,26,28). The number of rotatable bonds is 9.